The van der Waals surface area contributed by atoms with Crippen molar-refractivity contribution in [2.45, 2.75) is 32.7 Å². The van der Waals surface area contributed by atoms with Crippen LogP contribution in [-0.4, -0.2) is 29.0 Å². The molecule has 0 N–H and O–H groups in total. The number of rotatable bonds is 2. The lowest BCUT2D eigenvalue weighted by Gasteiger charge is -2.26. The molecule has 1 amide bonds. The molecule has 0 bridgehead atoms. The Bertz CT molecular complexity index is 543. The number of carbonyl (C=O) groups excluding carboxylic acids is 1. The highest BCUT2D eigenvalue weighted by molar-refractivity contribution is 5.84. The molecule has 2 aliphatic rings. The van der Waals surface area contributed by atoms with Crippen LogP contribution in [0, 0.1) is 17.0 Å². The molecule has 0 radical (unpaired) electrons. The van der Waals surface area contributed by atoms with Gasteiger partial charge in [-0.25, -0.2) is 13.8 Å². The summed E-state index contributed by atoms with van der Waals surface area (Å²) in [6.45, 7) is 5.40. The van der Waals surface area contributed by atoms with Crippen LogP contribution in [0.2, 0.25) is 0 Å². The Balaban J connectivity index is 1.95. The van der Waals surface area contributed by atoms with Crippen molar-refractivity contribution in [2.24, 2.45) is 5.41 Å². The monoisotopic (exact) mass is 280 g/mol. The third kappa shape index (κ3) is 1.92. The predicted octanol–water partition coefficient (Wildman–Crippen LogP) is 2.89. The van der Waals surface area contributed by atoms with E-state index in [0.29, 0.717) is 18.5 Å². The van der Waals surface area contributed by atoms with Gasteiger partial charge in [0, 0.05) is 19.2 Å². The van der Waals surface area contributed by atoms with E-state index in [1.54, 1.807) is 5.01 Å². The van der Waals surface area contributed by atoms with Crippen molar-refractivity contribution in [3.05, 3.63) is 35.4 Å². The molecule has 0 aliphatic carbocycles. The number of amides is 1. The molecule has 2 saturated heterocycles. The van der Waals surface area contributed by atoms with Gasteiger partial charge in [-0.1, -0.05) is 6.92 Å². The maximum atomic E-state index is 13.4. The van der Waals surface area contributed by atoms with Crippen LogP contribution in [0.25, 0.3) is 0 Å². The molecule has 0 aromatic heterocycles. The molecule has 2 fully saturated rings. The second kappa shape index (κ2) is 4.52. The summed E-state index contributed by atoms with van der Waals surface area (Å²) in [6.07, 6.45) is 1.48. The summed E-state index contributed by atoms with van der Waals surface area (Å²) in [7, 11) is 0. The average Bonchev–Trinajstić information content (AvgIpc) is 2.89. The number of fused-ring (bicyclic) bond motifs is 1. The molecule has 0 spiro atoms. The smallest absolute Gasteiger partial charge is 0.244 e. The molecule has 2 heterocycles. The fraction of sp³-hybridized carbons (Fsp3) is 0.533. The second-order valence-corrected chi connectivity index (χ2v) is 5.96. The number of halogens is 2. The van der Waals surface area contributed by atoms with Gasteiger partial charge < -0.3 is 0 Å². The zero-order valence-electron chi connectivity index (χ0n) is 11.7. The summed E-state index contributed by atoms with van der Waals surface area (Å²) in [5, 5.41) is 3.72. The molecule has 3 rings (SSSR count). The number of nitrogens with zero attached hydrogens (tertiary/aromatic N) is 2. The van der Waals surface area contributed by atoms with Crippen molar-refractivity contribution in [2.75, 3.05) is 13.1 Å². The lowest BCUT2D eigenvalue weighted by atomic mass is 9.87. The topological polar surface area (TPSA) is 23.6 Å². The van der Waals surface area contributed by atoms with Crippen molar-refractivity contribution in [3.63, 3.8) is 0 Å². The van der Waals surface area contributed by atoms with Crippen LogP contribution < -0.4 is 0 Å². The predicted molar refractivity (Wildman–Crippen MR) is 70.5 cm³/mol. The summed E-state index contributed by atoms with van der Waals surface area (Å²) >= 11 is 0. The van der Waals surface area contributed by atoms with Gasteiger partial charge in [0.25, 0.3) is 0 Å². The summed E-state index contributed by atoms with van der Waals surface area (Å²) in [5.74, 6) is -1.13. The molecule has 2 atom stereocenters. The zero-order chi connectivity index (χ0) is 14.5. The van der Waals surface area contributed by atoms with Gasteiger partial charge in [0.1, 0.15) is 11.6 Å². The molecule has 0 saturated carbocycles. The molecule has 0 unspecified atom stereocenters. The first kappa shape index (κ1) is 13.5. The van der Waals surface area contributed by atoms with Gasteiger partial charge in [-0.15, -0.1) is 0 Å². The molecule has 1 aromatic carbocycles. The van der Waals surface area contributed by atoms with E-state index in [4.69, 9.17) is 0 Å². The number of carbonyl (C=O) groups is 1. The SMILES string of the molecule is CC[C@@]1(C)CN2CC[C@@H](c3cc(F)cc(F)c3)N2C1=O. The van der Waals surface area contributed by atoms with Gasteiger partial charge in [-0.05, 0) is 37.5 Å². The average molecular weight is 280 g/mol. The minimum Gasteiger partial charge on any atom is -0.273 e. The molecule has 1 aromatic rings. The van der Waals surface area contributed by atoms with E-state index < -0.39 is 11.6 Å². The van der Waals surface area contributed by atoms with Crippen LogP contribution in [0.4, 0.5) is 8.78 Å². The maximum Gasteiger partial charge on any atom is 0.244 e. The van der Waals surface area contributed by atoms with E-state index in [1.807, 2.05) is 18.9 Å². The van der Waals surface area contributed by atoms with Gasteiger partial charge in [-0.2, -0.15) is 0 Å². The van der Waals surface area contributed by atoms with Gasteiger partial charge in [0.15, 0.2) is 0 Å². The Morgan fingerprint density at radius 3 is 2.55 bits per heavy atom. The summed E-state index contributed by atoms with van der Waals surface area (Å²) in [4.78, 5) is 12.6. The van der Waals surface area contributed by atoms with E-state index in [9.17, 15) is 13.6 Å². The fourth-order valence-electron chi connectivity index (χ4n) is 3.21. The third-order valence-electron chi connectivity index (χ3n) is 4.57. The van der Waals surface area contributed by atoms with Crippen LogP contribution in [0.15, 0.2) is 18.2 Å². The molecular formula is C15H18F2N2O. The highest BCUT2D eigenvalue weighted by Crippen LogP contribution is 2.43. The van der Waals surface area contributed by atoms with Gasteiger partial charge in [0.05, 0.1) is 11.5 Å². The van der Waals surface area contributed by atoms with Crippen molar-refractivity contribution < 1.29 is 13.6 Å². The standard InChI is InChI=1S/C15H18F2N2O/c1-3-15(2)9-18-5-4-13(19(18)14(15)20)10-6-11(16)8-12(17)7-10/h6-8,13H,3-5,9H2,1-2H3/t13-,15-/m0/s1. The van der Waals surface area contributed by atoms with Crippen molar-refractivity contribution in [1.82, 2.24) is 10.0 Å². The summed E-state index contributed by atoms with van der Waals surface area (Å²) in [5.41, 5.74) is 0.156. The number of hydrogen-bond donors (Lipinski definition) is 0. The Hall–Kier alpha value is -1.49. The number of hydrazine groups is 1. The highest BCUT2D eigenvalue weighted by Gasteiger charge is 2.51. The quantitative estimate of drug-likeness (QED) is 0.831. The largest absolute Gasteiger partial charge is 0.273 e. The van der Waals surface area contributed by atoms with Crippen molar-refractivity contribution >= 4 is 5.91 Å². The number of hydrogen-bond acceptors (Lipinski definition) is 2. The van der Waals surface area contributed by atoms with Crippen molar-refractivity contribution in [1.29, 1.82) is 0 Å². The van der Waals surface area contributed by atoms with E-state index >= 15 is 0 Å². The van der Waals surface area contributed by atoms with E-state index in [1.165, 1.54) is 12.1 Å². The third-order valence-corrected chi connectivity index (χ3v) is 4.57. The molecule has 20 heavy (non-hydrogen) atoms. The van der Waals surface area contributed by atoms with Gasteiger partial charge >= 0.3 is 0 Å². The first-order valence-electron chi connectivity index (χ1n) is 6.99. The lowest BCUT2D eigenvalue weighted by Crippen LogP contribution is -2.36. The molecule has 3 nitrogen and oxygen atoms in total. The number of benzene rings is 1. The molecule has 108 valence electrons. The fourth-order valence-corrected chi connectivity index (χ4v) is 3.21. The minimum atomic E-state index is -0.594. The first-order valence-corrected chi connectivity index (χ1v) is 6.99. The van der Waals surface area contributed by atoms with Crippen LogP contribution in [-0.2, 0) is 4.79 Å². The minimum absolute atomic E-state index is 0.0622. The Morgan fingerprint density at radius 2 is 1.95 bits per heavy atom. The van der Waals surface area contributed by atoms with Gasteiger partial charge in [0.2, 0.25) is 5.91 Å². The molecule has 5 heteroatoms. The molecular weight excluding hydrogens is 262 g/mol. The van der Waals surface area contributed by atoms with Crippen molar-refractivity contribution in [3.8, 4) is 0 Å². The lowest BCUT2D eigenvalue weighted by molar-refractivity contribution is -0.142. The van der Waals surface area contributed by atoms with Crippen LogP contribution in [0.1, 0.15) is 38.3 Å². The Morgan fingerprint density at radius 1 is 1.30 bits per heavy atom. The van der Waals surface area contributed by atoms with Crippen LogP contribution in [0.3, 0.4) is 0 Å². The van der Waals surface area contributed by atoms with Crippen LogP contribution >= 0.6 is 0 Å². The zero-order valence-corrected chi connectivity index (χ0v) is 11.7. The normalized spacial score (nSPS) is 30.1. The van der Waals surface area contributed by atoms with E-state index in [2.05, 4.69) is 0 Å². The summed E-state index contributed by atoms with van der Waals surface area (Å²) < 4.78 is 26.8. The van der Waals surface area contributed by atoms with Gasteiger partial charge in [-0.3, -0.25) is 9.80 Å². The summed E-state index contributed by atoms with van der Waals surface area (Å²) in [6, 6.07) is 3.26. The van der Waals surface area contributed by atoms with Crippen LogP contribution in [0.5, 0.6) is 0 Å². The Labute approximate surface area is 117 Å². The van der Waals surface area contributed by atoms with E-state index in [-0.39, 0.29) is 17.4 Å². The highest BCUT2D eigenvalue weighted by atomic mass is 19.1. The maximum absolute atomic E-state index is 13.4. The molecule has 2 aliphatic heterocycles. The Kier molecular flexibility index (Phi) is 3.05. The first-order chi connectivity index (χ1) is 9.44. The van der Waals surface area contributed by atoms with E-state index in [0.717, 1.165) is 19.0 Å². The second-order valence-electron chi connectivity index (χ2n) is 5.96.